The second-order valence-electron chi connectivity index (χ2n) is 14.9. The summed E-state index contributed by atoms with van der Waals surface area (Å²) in [5, 5.41) is 2.51. The minimum absolute atomic E-state index is 0.629. The van der Waals surface area contributed by atoms with E-state index >= 15 is 0 Å². The van der Waals surface area contributed by atoms with Gasteiger partial charge < -0.3 is 0 Å². The lowest BCUT2D eigenvalue weighted by molar-refractivity contribution is 1.07. The summed E-state index contributed by atoms with van der Waals surface area (Å²) in [4.78, 5) is 25.1. The topological polar surface area (TPSA) is 64.5 Å². The Kier molecular flexibility index (Phi) is 9.30. The van der Waals surface area contributed by atoms with Crippen LogP contribution in [-0.4, -0.2) is 24.9 Å². The van der Waals surface area contributed by atoms with Gasteiger partial charge in [-0.3, -0.25) is 0 Å². The molecule has 0 spiro atoms. The molecule has 61 heavy (non-hydrogen) atoms. The number of fused-ring (bicyclic) bond motifs is 3. The summed E-state index contributed by atoms with van der Waals surface area (Å²) in [7, 11) is 0. The summed E-state index contributed by atoms with van der Waals surface area (Å²) >= 11 is 1.84. The Morgan fingerprint density at radius 3 is 1.18 bits per heavy atom. The molecule has 0 unspecified atom stereocenters. The number of aromatic nitrogens is 5. The molecule has 0 saturated carbocycles. The van der Waals surface area contributed by atoms with E-state index in [2.05, 4.69) is 115 Å². The average molecular weight is 798 g/mol. The predicted octanol–water partition coefficient (Wildman–Crippen LogP) is 14.4. The van der Waals surface area contributed by atoms with E-state index in [1.165, 1.54) is 25.7 Å². The first-order valence-electron chi connectivity index (χ1n) is 20.2. The normalized spacial score (nSPS) is 11.3. The largest absolute Gasteiger partial charge is 0.228 e. The maximum atomic E-state index is 5.09. The third-order valence-electron chi connectivity index (χ3n) is 11.0. The molecule has 8 aromatic carbocycles. The molecular formula is C55H35N5S. The van der Waals surface area contributed by atoms with Gasteiger partial charge in [-0.1, -0.05) is 200 Å². The number of hydrogen-bond acceptors (Lipinski definition) is 6. The van der Waals surface area contributed by atoms with Gasteiger partial charge in [-0.2, -0.15) is 0 Å². The highest BCUT2D eigenvalue weighted by Gasteiger charge is 2.19. The van der Waals surface area contributed by atoms with Gasteiger partial charge in [0.15, 0.2) is 23.3 Å². The Morgan fingerprint density at radius 1 is 0.279 bits per heavy atom. The van der Waals surface area contributed by atoms with E-state index in [0.29, 0.717) is 23.3 Å². The van der Waals surface area contributed by atoms with E-state index < -0.39 is 0 Å². The molecule has 0 aliphatic heterocycles. The lowest BCUT2D eigenvalue weighted by Crippen LogP contribution is -2.00. The summed E-state index contributed by atoms with van der Waals surface area (Å²) in [5.41, 5.74) is 12.2. The van der Waals surface area contributed by atoms with Crippen molar-refractivity contribution in [2.75, 3.05) is 0 Å². The van der Waals surface area contributed by atoms with E-state index in [1.54, 1.807) is 0 Å². The highest BCUT2D eigenvalue weighted by molar-refractivity contribution is 7.26. The highest BCUT2D eigenvalue weighted by atomic mass is 32.1. The molecule has 0 aliphatic rings. The first-order valence-corrected chi connectivity index (χ1v) is 21.1. The molecule has 11 aromatic rings. The SMILES string of the molecule is c1ccc(-c2cc(-c3ccccc3)nc(-c3ccc(-c4ccc5c(sc6ccccc65)c4-c4ccc(-c5nc(-c6ccccc6)nc(-c6ccccc6)n5)cc4)cc3)n2)cc1. The van der Waals surface area contributed by atoms with Crippen molar-refractivity contribution in [3.8, 4) is 90.3 Å². The van der Waals surface area contributed by atoms with Crippen molar-refractivity contribution in [1.29, 1.82) is 0 Å². The number of nitrogens with zero attached hydrogens (tertiary/aromatic N) is 5. The molecule has 11 rings (SSSR count). The van der Waals surface area contributed by atoms with Crippen molar-refractivity contribution in [2.24, 2.45) is 0 Å². The molecule has 5 nitrogen and oxygen atoms in total. The lowest BCUT2D eigenvalue weighted by atomic mass is 9.92. The Labute approximate surface area is 357 Å². The van der Waals surface area contributed by atoms with Gasteiger partial charge >= 0.3 is 0 Å². The van der Waals surface area contributed by atoms with Crippen LogP contribution in [0.3, 0.4) is 0 Å². The molecule has 0 N–H and O–H groups in total. The summed E-state index contributed by atoms with van der Waals surface area (Å²) in [6, 6.07) is 73.4. The molecule has 0 radical (unpaired) electrons. The zero-order valence-corrected chi connectivity index (χ0v) is 33.7. The van der Waals surface area contributed by atoms with Gasteiger partial charge in [0.05, 0.1) is 11.4 Å². The molecular weight excluding hydrogens is 763 g/mol. The number of hydrogen-bond donors (Lipinski definition) is 0. The van der Waals surface area contributed by atoms with Crippen molar-refractivity contribution in [1.82, 2.24) is 24.9 Å². The third-order valence-corrected chi connectivity index (χ3v) is 12.2. The van der Waals surface area contributed by atoms with E-state index in [-0.39, 0.29) is 0 Å². The molecule has 0 saturated heterocycles. The summed E-state index contributed by atoms with van der Waals surface area (Å²) in [6.07, 6.45) is 0. The fourth-order valence-corrected chi connectivity index (χ4v) is 9.20. The number of benzene rings is 8. The first kappa shape index (κ1) is 36.2. The van der Waals surface area contributed by atoms with E-state index in [1.807, 2.05) is 108 Å². The van der Waals surface area contributed by atoms with Gasteiger partial charge in [0.2, 0.25) is 0 Å². The van der Waals surface area contributed by atoms with Crippen LogP contribution in [0.5, 0.6) is 0 Å². The molecule has 0 aliphatic carbocycles. The first-order chi connectivity index (χ1) is 30.2. The fraction of sp³-hybridized carbons (Fsp3) is 0. The fourth-order valence-electron chi connectivity index (χ4n) is 7.93. The summed E-state index contributed by atoms with van der Waals surface area (Å²) < 4.78 is 2.51. The molecule has 3 heterocycles. The lowest BCUT2D eigenvalue weighted by Gasteiger charge is -2.14. The minimum atomic E-state index is 0.629. The average Bonchev–Trinajstić information content (AvgIpc) is 3.73. The van der Waals surface area contributed by atoms with Crippen molar-refractivity contribution in [3.05, 3.63) is 212 Å². The zero-order valence-electron chi connectivity index (χ0n) is 32.9. The maximum absolute atomic E-state index is 5.09. The second kappa shape index (κ2) is 15.7. The Bertz CT molecular complexity index is 3200. The van der Waals surface area contributed by atoms with Crippen LogP contribution in [0.25, 0.3) is 110 Å². The third kappa shape index (κ3) is 7.05. The molecule has 286 valence electrons. The van der Waals surface area contributed by atoms with Crippen LogP contribution in [0.4, 0.5) is 0 Å². The summed E-state index contributed by atoms with van der Waals surface area (Å²) in [5.74, 6) is 2.60. The zero-order chi connectivity index (χ0) is 40.5. The molecule has 6 heteroatoms. The van der Waals surface area contributed by atoms with Gasteiger partial charge in [0.1, 0.15) is 0 Å². The molecule has 0 bridgehead atoms. The van der Waals surface area contributed by atoms with Gasteiger partial charge in [0, 0.05) is 59.1 Å². The van der Waals surface area contributed by atoms with E-state index in [9.17, 15) is 0 Å². The molecule has 0 atom stereocenters. The van der Waals surface area contributed by atoms with Crippen molar-refractivity contribution < 1.29 is 0 Å². The smallest absolute Gasteiger partial charge is 0.164 e. The summed E-state index contributed by atoms with van der Waals surface area (Å²) in [6.45, 7) is 0. The maximum Gasteiger partial charge on any atom is 0.164 e. The van der Waals surface area contributed by atoms with Crippen LogP contribution in [0.1, 0.15) is 0 Å². The Morgan fingerprint density at radius 2 is 0.672 bits per heavy atom. The van der Waals surface area contributed by atoms with E-state index in [0.717, 1.165) is 61.5 Å². The minimum Gasteiger partial charge on any atom is -0.228 e. The van der Waals surface area contributed by atoms with Gasteiger partial charge in [0.25, 0.3) is 0 Å². The van der Waals surface area contributed by atoms with E-state index in [4.69, 9.17) is 24.9 Å². The van der Waals surface area contributed by atoms with Gasteiger partial charge in [-0.25, -0.2) is 24.9 Å². The van der Waals surface area contributed by atoms with Crippen LogP contribution >= 0.6 is 11.3 Å². The highest BCUT2D eigenvalue weighted by Crippen LogP contribution is 2.45. The standard InChI is InChI=1S/C55H35N5S/c1-5-15-37(16-6-1)47-35-48(38-17-7-2-8-18-38)57-52(56-47)42-29-25-36(26-30-42)44-33-34-46-45-23-13-14-24-49(45)61-51(46)50(44)39-27-31-43(32-28-39)55-59-53(40-19-9-3-10-20-40)58-54(60-55)41-21-11-4-12-22-41/h1-35H. The van der Waals surface area contributed by atoms with Crippen LogP contribution in [0, 0.1) is 0 Å². The molecule has 3 aromatic heterocycles. The number of thiophene rings is 1. The van der Waals surface area contributed by atoms with Crippen molar-refractivity contribution in [3.63, 3.8) is 0 Å². The van der Waals surface area contributed by atoms with Crippen LogP contribution in [0.2, 0.25) is 0 Å². The van der Waals surface area contributed by atoms with Gasteiger partial charge in [-0.05, 0) is 28.8 Å². The second-order valence-corrected chi connectivity index (χ2v) is 15.9. The van der Waals surface area contributed by atoms with Crippen LogP contribution < -0.4 is 0 Å². The van der Waals surface area contributed by atoms with Crippen LogP contribution in [-0.2, 0) is 0 Å². The quantitative estimate of drug-likeness (QED) is 0.153. The van der Waals surface area contributed by atoms with Crippen molar-refractivity contribution >= 4 is 31.5 Å². The monoisotopic (exact) mass is 797 g/mol. The Balaban J connectivity index is 1.02. The van der Waals surface area contributed by atoms with Crippen molar-refractivity contribution in [2.45, 2.75) is 0 Å². The molecule has 0 amide bonds. The number of rotatable bonds is 8. The van der Waals surface area contributed by atoms with Gasteiger partial charge in [-0.15, -0.1) is 11.3 Å². The van der Waals surface area contributed by atoms with Crippen LogP contribution in [0.15, 0.2) is 212 Å². The Hall–Kier alpha value is -7.93. The predicted molar refractivity (Wildman–Crippen MR) is 252 cm³/mol. The molecule has 0 fully saturated rings.